The van der Waals surface area contributed by atoms with E-state index in [4.69, 9.17) is 4.11 Å². The summed E-state index contributed by atoms with van der Waals surface area (Å²) in [5.41, 5.74) is 2.80. The third-order valence-corrected chi connectivity index (χ3v) is 5.34. The molecule has 2 rings (SSSR count). The molecule has 2 heteroatoms. The number of hydrogen-bond donors (Lipinski definition) is 0. The highest BCUT2D eigenvalue weighted by atomic mass is 28.3. The second-order valence-electron chi connectivity index (χ2n) is 6.74. The predicted octanol–water partition coefficient (Wildman–Crippen LogP) is 4.49. The van der Waals surface area contributed by atoms with E-state index >= 15 is 0 Å². The van der Waals surface area contributed by atoms with Crippen molar-refractivity contribution in [1.29, 1.82) is 0 Å². The minimum atomic E-state index is -1.44. The number of rotatable bonds is 4. The van der Waals surface area contributed by atoms with Crippen molar-refractivity contribution in [3.8, 4) is 11.3 Å². The van der Waals surface area contributed by atoms with Gasteiger partial charge in [-0.25, -0.2) is 0 Å². The standard InChI is InChI=1S/C18H25NSi/c1-14(2)11-16-12-17(20(3,4)5)13-19-18(16)15-9-7-6-8-10-15/h6-10,12-14H,11H2,1-5H3/i6D,7D,8D. The molecule has 0 aliphatic rings. The van der Waals surface area contributed by atoms with Crippen molar-refractivity contribution in [2.45, 2.75) is 39.9 Å². The maximum absolute atomic E-state index is 7.88. The van der Waals surface area contributed by atoms with Gasteiger partial charge in [-0.1, -0.05) is 69.8 Å². The van der Waals surface area contributed by atoms with Gasteiger partial charge < -0.3 is 0 Å². The van der Waals surface area contributed by atoms with Crippen LogP contribution in [-0.4, -0.2) is 13.1 Å². The van der Waals surface area contributed by atoms with Crippen LogP contribution in [0.5, 0.6) is 0 Å². The largest absolute Gasteiger partial charge is 0.256 e. The highest BCUT2D eigenvalue weighted by Gasteiger charge is 2.19. The van der Waals surface area contributed by atoms with Crippen molar-refractivity contribution in [1.82, 2.24) is 4.98 Å². The summed E-state index contributed by atoms with van der Waals surface area (Å²) in [5, 5.41) is 1.33. The fraction of sp³-hybridized carbons (Fsp3) is 0.389. The van der Waals surface area contributed by atoms with Gasteiger partial charge in [0.25, 0.3) is 0 Å². The zero-order chi connectivity index (χ0) is 17.4. The van der Waals surface area contributed by atoms with Gasteiger partial charge in [-0.05, 0) is 23.1 Å². The zero-order valence-corrected chi connectivity index (χ0v) is 14.0. The molecule has 20 heavy (non-hydrogen) atoms. The van der Waals surface area contributed by atoms with Gasteiger partial charge in [0.15, 0.2) is 0 Å². The smallest absolute Gasteiger partial charge is 0.0796 e. The lowest BCUT2D eigenvalue weighted by molar-refractivity contribution is 0.647. The Balaban J connectivity index is 2.61. The van der Waals surface area contributed by atoms with Crippen molar-refractivity contribution < 1.29 is 4.11 Å². The van der Waals surface area contributed by atoms with Crippen LogP contribution in [0.15, 0.2) is 42.5 Å². The average molecular weight is 287 g/mol. The molecule has 0 atom stereocenters. The summed E-state index contributed by atoms with van der Waals surface area (Å²) in [4.78, 5) is 4.69. The molecule has 0 saturated carbocycles. The number of pyridine rings is 1. The van der Waals surface area contributed by atoms with Gasteiger partial charge >= 0.3 is 0 Å². The zero-order valence-electron chi connectivity index (χ0n) is 16.0. The highest BCUT2D eigenvalue weighted by Crippen LogP contribution is 2.23. The molecule has 0 aliphatic heterocycles. The van der Waals surface area contributed by atoms with Crippen molar-refractivity contribution in [2.75, 3.05) is 0 Å². The molecule has 0 radical (unpaired) electrons. The molecule has 0 unspecified atom stereocenters. The molecule has 0 N–H and O–H groups in total. The fourth-order valence-electron chi connectivity index (χ4n) is 2.22. The Labute approximate surface area is 128 Å². The molecule has 1 aromatic carbocycles. The summed E-state index contributed by atoms with van der Waals surface area (Å²) >= 11 is 0. The predicted molar refractivity (Wildman–Crippen MR) is 91.2 cm³/mol. The van der Waals surface area contributed by atoms with Crippen molar-refractivity contribution in [3.63, 3.8) is 0 Å². The minimum Gasteiger partial charge on any atom is -0.256 e. The molecular weight excluding hydrogens is 258 g/mol. The summed E-state index contributed by atoms with van der Waals surface area (Å²) < 4.78 is 23.4. The maximum Gasteiger partial charge on any atom is 0.0796 e. The molecule has 0 amide bonds. The van der Waals surface area contributed by atoms with Crippen LogP contribution < -0.4 is 5.19 Å². The summed E-state index contributed by atoms with van der Waals surface area (Å²) in [6.07, 6.45) is 2.87. The highest BCUT2D eigenvalue weighted by molar-refractivity contribution is 6.88. The van der Waals surface area contributed by atoms with Gasteiger partial charge in [0.1, 0.15) is 0 Å². The van der Waals surface area contributed by atoms with Crippen LogP contribution in [0, 0.1) is 5.92 Å². The van der Waals surface area contributed by atoms with Gasteiger partial charge in [-0.2, -0.15) is 0 Å². The van der Waals surface area contributed by atoms with Gasteiger partial charge in [0.05, 0.1) is 17.9 Å². The maximum atomic E-state index is 7.88. The molecule has 1 heterocycles. The summed E-state index contributed by atoms with van der Waals surface area (Å²) in [7, 11) is -1.44. The average Bonchev–Trinajstić information content (AvgIpc) is 2.42. The first-order valence-corrected chi connectivity index (χ1v) is 10.7. The topological polar surface area (TPSA) is 12.9 Å². The molecule has 0 spiro atoms. The van der Waals surface area contributed by atoms with Crippen molar-refractivity contribution >= 4 is 13.3 Å². The minimum absolute atomic E-state index is 0.0297. The Bertz CT molecular complexity index is 698. The lowest BCUT2D eigenvalue weighted by Crippen LogP contribution is -2.38. The normalized spacial score (nSPS) is 14.0. The van der Waals surface area contributed by atoms with Crippen LogP contribution in [0.4, 0.5) is 0 Å². The lowest BCUT2D eigenvalue weighted by Gasteiger charge is -2.20. The van der Waals surface area contributed by atoms with Gasteiger partial charge in [-0.15, -0.1) is 0 Å². The van der Waals surface area contributed by atoms with Gasteiger partial charge in [-0.3, -0.25) is 4.98 Å². The van der Waals surface area contributed by atoms with E-state index in [2.05, 4.69) is 44.5 Å². The monoisotopic (exact) mass is 286 g/mol. The number of nitrogens with zero attached hydrogens (tertiary/aromatic N) is 1. The summed E-state index contributed by atoms with van der Waals surface area (Å²) in [5.74, 6) is 0.508. The van der Waals surface area contributed by atoms with Crippen molar-refractivity contribution in [2.24, 2.45) is 5.92 Å². The van der Waals surface area contributed by atoms with E-state index in [1.807, 2.05) is 6.20 Å². The van der Waals surface area contributed by atoms with Crippen LogP contribution in [0.2, 0.25) is 19.6 Å². The van der Waals surface area contributed by atoms with E-state index in [1.165, 1.54) is 10.8 Å². The third kappa shape index (κ3) is 3.57. The molecule has 0 aliphatic carbocycles. The quantitative estimate of drug-likeness (QED) is 0.755. The number of benzene rings is 1. The van der Waals surface area contributed by atoms with Crippen LogP contribution in [0.3, 0.4) is 0 Å². The molecule has 1 aromatic heterocycles. The molecular formula is C18H25NSi. The SMILES string of the molecule is [2H]c1cc(-c2ncc([Si](C)(C)C)cc2CC(C)C)cc([2H])c1[2H]. The molecule has 2 aromatic rings. The Morgan fingerprint density at radius 3 is 2.35 bits per heavy atom. The van der Waals surface area contributed by atoms with Gasteiger partial charge in [0, 0.05) is 11.8 Å². The first-order valence-electron chi connectivity index (χ1n) is 8.67. The molecule has 0 saturated heterocycles. The van der Waals surface area contributed by atoms with E-state index in [-0.39, 0.29) is 18.1 Å². The van der Waals surface area contributed by atoms with Crippen LogP contribution >= 0.6 is 0 Å². The second-order valence-corrected chi connectivity index (χ2v) is 11.8. The van der Waals surface area contributed by atoms with Crippen molar-refractivity contribution in [3.05, 3.63) is 48.1 Å². The fourth-order valence-corrected chi connectivity index (χ4v) is 3.28. The Morgan fingerprint density at radius 1 is 1.15 bits per heavy atom. The van der Waals surface area contributed by atoms with Crippen LogP contribution in [-0.2, 0) is 6.42 Å². The summed E-state index contributed by atoms with van der Waals surface area (Å²) in [6, 6.07) is 5.70. The third-order valence-electron chi connectivity index (χ3n) is 3.33. The summed E-state index contributed by atoms with van der Waals surface area (Å²) in [6.45, 7) is 11.3. The Kier molecular flexibility index (Phi) is 3.34. The van der Waals surface area contributed by atoms with Crippen LogP contribution in [0.1, 0.15) is 23.5 Å². The van der Waals surface area contributed by atoms with E-state index in [1.54, 1.807) is 12.1 Å². The van der Waals surface area contributed by atoms with Crippen LogP contribution in [0.25, 0.3) is 11.3 Å². The molecule has 0 bridgehead atoms. The first-order chi connectivity index (χ1) is 10.6. The lowest BCUT2D eigenvalue weighted by atomic mass is 9.98. The van der Waals surface area contributed by atoms with E-state index in [0.29, 0.717) is 5.92 Å². The van der Waals surface area contributed by atoms with Gasteiger partial charge in [0.2, 0.25) is 0 Å². The Hall–Kier alpha value is -1.41. The van der Waals surface area contributed by atoms with E-state index in [9.17, 15) is 0 Å². The number of hydrogen-bond acceptors (Lipinski definition) is 1. The first kappa shape index (κ1) is 11.3. The Morgan fingerprint density at radius 2 is 1.80 bits per heavy atom. The molecule has 1 nitrogen and oxygen atoms in total. The molecule has 106 valence electrons. The van der Waals surface area contributed by atoms with E-state index < -0.39 is 8.07 Å². The molecule has 0 fully saturated rings. The number of aromatic nitrogens is 1. The second kappa shape index (κ2) is 5.92. The van der Waals surface area contributed by atoms with E-state index in [0.717, 1.165) is 17.7 Å².